The largest absolute Gasteiger partial charge is 0.420 e. The van der Waals surface area contributed by atoms with Crippen molar-refractivity contribution in [3.05, 3.63) is 11.5 Å². The Morgan fingerprint density at radius 2 is 1.82 bits per heavy atom. The van der Waals surface area contributed by atoms with Crippen molar-refractivity contribution in [3.63, 3.8) is 0 Å². The minimum Gasteiger partial charge on any atom is -0.420 e. The van der Waals surface area contributed by atoms with Gasteiger partial charge in [-0.05, 0) is 0 Å². The van der Waals surface area contributed by atoms with Crippen LogP contribution in [0.25, 0.3) is 0 Å². The Kier molecular flexibility index (Phi) is 0.934. The Balaban J connectivity index is 2.38. The van der Waals surface area contributed by atoms with Gasteiger partial charge in [-0.1, -0.05) is 0 Å². The molecule has 0 aromatic heterocycles. The summed E-state index contributed by atoms with van der Waals surface area (Å²) in [5.41, 5.74) is 0. The molecule has 2 aliphatic heterocycles. The van der Waals surface area contributed by atoms with Crippen LogP contribution in [0.3, 0.4) is 0 Å². The molecule has 5 heteroatoms. The van der Waals surface area contributed by atoms with Gasteiger partial charge in [0.15, 0.2) is 5.76 Å². The molecule has 2 aliphatic rings. The molecule has 2 rings (SSSR count). The number of carbonyl (C=O) groups is 3. The average Bonchev–Trinajstić information content (AvgIpc) is 2.37. The van der Waals surface area contributed by atoms with Crippen LogP contribution in [0.2, 0.25) is 0 Å². The Morgan fingerprint density at radius 3 is 2.45 bits per heavy atom. The van der Waals surface area contributed by atoms with Gasteiger partial charge in [0, 0.05) is 0 Å². The summed E-state index contributed by atoms with van der Waals surface area (Å²) in [5, 5.41) is 0. The van der Waals surface area contributed by atoms with Crippen molar-refractivity contribution in [1.29, 1.82) is 0 Å². The van der Waals surface area contributed by atoms with Crippen LogP contribution in [0.5, 0.6) is 0 Å². The van der Waals surface area contributed by atoms with Gasteiger partial charge >= 0.3 is 17.7 Å². The zero-order chi connectivity index (χ0) is 8.01. The number of ketones is 1. The Hall–Kier alpha value is -1.65. The zero-order valence-electron chi connectivity index (χ0n) is 5.25. The Morgan fingerprint density at radius 1 is 1.09 bits per heavy atom. The first-order valence-corrected chi connectivity index (χ1v) is 2.89. The Bertz CT molecular complexity index is 311. The number of hydrogen-bond donors (Lipinski definition) is 0. The van der Waals surface area contributed by atoms with E-state index in [1.54, 1.807) is 0 Å². The van der Waals surface area contributed by atoms with E-state index in [2.05, 4.69) is 9.47 Å². The molecule has 56 valence electrons. The van der Waals surface area contributed by atoms with Crippen molar-refractivity contribution in [1.82, 2.24) is 0 Å². The third-order valence-electron chi connectivity index (χ3n) is 1.38. The molecule has 0 N–H and O–H groups in total. The summed E-state index contributed by atoms with van der Waals surface area (Å²) >= 11 is 0. The molecule has 5 nitrogen and oxygen atoms in total. The van der Waals surface area contributed by atoms with E-state index in [9.17, 15) is 14.4 Å². The molecule has 0 amide bonds. The lowest BCUT2D eigenvalue weighted by molar-refractivity contribution is -0.150. The van der Waals surface area contributed by atoms with Crippen molar-refractivity contribution in [2.45, 2.75) is 6.42 Å². The van der Waals surface area contributed by atoms with E-state index in [0.29, 0.717) is 0 Å². The van der Waals surface area contributed by atoms with Crippen LogP contribution >= 0.6 is 0 Å². The minimum atomic E-state index is -0.970. The summed E-state index contributed by atoms with van der Waals surface area (Å²) in [6.45, 7) is 0. The molecule has 0 aromatic carbocycles. The first kappa shape index (κ1) is 6.09. The minimum absolute atomic E-state index is 0.0463. The molecule has 11 heavy (non-hydrogen) atoms. The van der Waals surface area contributed by atoms with Crippen molar-refractivity contribution in [2.75, 3.05) is 0 Å². The number of carbonyl (C=O) groups excluding carboxylic acids is 3. The molecule has 0 atom stereocenters. The molecule has 0 aromatic rings. The molecule has 0 spiro atoms. The molecule has 2 heterocycles. The van der Waals surface area contributed by atoms with Crippen molar-refractivity contribution >= 4 is 17.7 Å². The molecule has 0 aliphatic carbocycles. The SMILES string of the molecule is O=C1CC2=C(O1)C(=O)C(=O)O2. The van der Waals surface area contributed by atoms with Crippen LogP contribution in [0.4, 0.5) is 0 Å². The maximum atomic E-state index is 10.7. The van der Waals surface area contributed by atoms with Gasteiger partial charge in [-0.25, -0.2) is 4.79 Å². The quantitative estimate of drug-likeness (QED) is 0.340. The fraction of sp³-hybridized carbons (Fsp3) is 0.167. The zero-order valence-corrected chi connectivity index (χ0v) is 5.25. The lowest BCUT2D eigenvalue weighted by atomic mass is 10.3. The molecule has 0 unspecified atom stereocenters. The summed E-state index contributed by atoms with van der Waals surface area (Å²) in [7, 11) is 0. The van der Waals surface area contributed by atoms with Gasteiger partial charge in [0.2, 0.25) is 5.76 Å². The van der Waals surface area contributed by atoms with E-state index < -0.39 is 17.7 Å². The molecular formula is C6H2O5. The van der Waals surface area contributed by atoms with Gasteiger partial charge in [-0.15, -0.1) is 0 Å². The lowest BCUT2D eigenvalue weighted by Gasteiger charge is -1.93. The van der Waals surface area contributed by atoms with Crippen LogP contribution < -0.4 is 0 Å². The van der Waals surface area contributed by atoms with Gasteiger partial charge in [0.25, 0.3) is 0 Å². The number of ether oxygens (including phenoxy) is 2. The first-order valence-electron chi connectivity index (χ1n) is 2.89. The fourth-order valence-electron chi connectivity index (χ4n) is 0.925. The second-order valence-corrected chi connectivity index (χ2v) is 2.12. The third kappa shape index (κ3) is 0.674. The van der Waals surface area contributed by atoms with E-state index >= 15 is 0 Å². The molecule has 0 saturated carbocycles. The van der Waals surface area contributed by atoms with Crippen LogP contribution in [0, 0.1) is 0 Å². The van der Waals surface area contributed by atoms with Gasteiger partial charge < -0.3 is 9.47 Å². The van der Waals surface area contributed by atoms with E-state index in [1.807, 2.05) is 0 Å². The van der Waals surface area contributed by atoms with Gasteiger partial charge in [-0.2, -0.15) is 0 Å². The monoisotopic (exact) mass is 154 g/mol. The molecule has 0 saturated heterocycles. The highest BCUT2D eigenvalue weighted by Crippen LogP contribution is 2.27. The highest BCUT2D eigenvalue weighted by Gasteiger charge is 2.42. The third-order valence-corrected chi connectivity index (χ3v) is 1.38. The summed E-state index contributed by atoms with van der Waals surface area (Å²) < 4.78 is 8.83. The van der Waals surface area contributed by atoms with Crippen LogP contribution in [0.1, 0.15) is 6.42 Å². The number of Topliss-reactive ketones (excluding diaryl/α,β-unsaturated/α-hetero) is 1. The van der Waals surface area contributed by atoms with E-state index in [0.717, 1.165) is 0 Å². The van der Waals surface area contributed by atoms with E-state index in [-0.39, 0.29) is 17.9 Å². The topological polar surface area (TPSA) is 69.7 Å². The number of rotatable bonds is 0. The summed E-state index contributed by atoms with van der Waals surface area (Å²) in [6.07, 6.45) is -0.118. The average molecular weight is 154 g/mol. The summed E-state index contributed by atoms with van der Waals surface area (Å²) in [6, 6.07) is 0. The highest BCUT2D eigenvalue weighted by molar-refractivity contribution is 6.42. The maximum Gasteiger partial charge on any atom is 0.388 e. The first-order chi connectivity index (χ1) is 5.18. The smallest absolute Gasteiger partial charge is 0.388 e. The summed E-state index contributed by atoms with van der Waals surface area (Å²) in [4.78, 5) is 31.7. The highest BCUT2D eigenvalue weighted by atomic mass is 16.6. The number of esters is 2. The van der Waals surface area contributed by atoms with Gasteiger partial charge in [0.05, 0.1) is 0 Å². The van der Waals surface area contributed by atoms with Crippen molar-refractivity contribution in [3.8, 4) is 0 Å². The standard InChI is InChI=1S/C6H2O5/c7-3-1-2-5(11-3)4(8)6(9)10-2/h1H2. The van der Waals surface area contributed by atoms with E-state index in [1.165, 1.54) is 0 Å². The summed E-state index contributed by atoms with van der Waals surface area (Å²) in [5.74, 6) is -2.59. The van der Waals surface area contributed by atoms with Crippen LogP contribution in [0.15, 0.2) is 11.5 Å². The second kappa shape index (κ2) is 1.69. The molecule has 0 bridgehead atoms. The Labute approximate surface area is 60.6 Å². The van der Waals surface area contributed by atoms with Crippen molar-refractivity contribution in [2.24, 2.45) is 0 Å². The predicted molar refractivity (Wildman–Crippen MR) is 28.8 cm³/mol. The fourth-order valence-corrected chi connectivity index (χ4v) is 0.925. The second-order valence-electron chi connectivity index (χ2n) is 2.12. The van der Waals surface area contributed by atoms with Crippen LogP contribution in [-0.4, -0.2) is 17.7 Å². The molecule has 0 fully saturated rings. The van der Waals surface area contributed by atoms with E-state index in [4.69, 9.17) is 0 Å². The number of hydrogen-bond acceptors (Lipinski definition) is 5. The normalized spacial score (nSPS) is 22.0. The molecule has 0 radical (unpaired) electrons. The molecular weight excluding hydrogens is 152 g/mol. The predicted octanol–water partition coefficient (Wildman–Crippen LogP) is -0.729. The van der Waals surface area contributed by atoms with Crippen LogP contribution in [-0.2, 0) is 23.9 Å². The van der Waals surface area contributed by atoms with Gasteiger partial charge in [-0.3, -0.25) is 9.59 Å². The maximum absolute atomic E-state index is 10.7. The van der Waals surface area contributed by atoms with Crippen molar-refractivity contribution < 1.29 is 23.9 Å². The van der Waals surface area contributed by atoms with Gasteiger partial charge in [0.1, 0.15) is 6.42 Å². The lowest BCUT2D eigenvalue weighted by Crippen LogP contribution is -2.14.